The summed E-state index contributed by atoms with van der Waals surface area (Å²) in [5.41, 5.74) is 0.477. The van der Waals surface area contributed by atoms with E-state index in [1.807, 2.05) is 12.1 Å². The van der Waals surface area contributed by atoms with Crippen LogP contribution in [0.4, 0.5) is 0 Å². The van der Waals surface area contributed by atoms with Gasteiger partial charge in [-0.1, -0.05) is 18.2 Å². The van der Waals surface area contributed by atoms with Crippen LogP contribution in [-0.4, -0.2) is 17.5 Å². The Morgan fingerprint density at radius 1 is 1.40 bits per heavy atom. The highest BCUT2D eigenvalue weighted by Gasteiger charge is 2.53. The minimum Gasteiger partial charge on any atom is -0.456 e. The molecule has 3 atom stereocenters. The average molecular weight is 222 g/mol. The van der Waals surface area contributed by atoms with Crippen LogP contribution in [0.3, 0.4) is 0 Å². The number of nitriles is 1. The van der Waals surface area contributed by atoms with Gasteiger partial charge in [0.2, 0.25) is 0 Å². The van der Waals surface area contributed by atoms with E-state index < -0.39 is 12.1 Å². The average Bonchev–Trinajstić information content (AvgIpc) is 2.89. The molecule has 2 rings (SSSR count). The summed E-state index contributed by atoms with van der Waals surface area (Å²) < 4.78 is 5.07. The van der Waals surface area contributed by atoms with E-state index in [2.05, 4.69) is 0 Å². The number of rotatable bonds is 2. The first-order chi connectivity index (χ1) is 7.24. The summed E-state index contributed by atoms with van der Waals surface area (Å²) in [6.07, 6.45) is -0.454. The fourth-order valence-corrected chi connectivity index (χ4v) is 1.62. The molecule has 1 aliphatic rings. The minimum atomic E-state index is -0.454. The summed E-state index contributed by atoms with van der Waals surface area (Å²) in [6, 6.07) is 10.6. The third-order valence-corrected chi connectivity index (χ3v) is 2.79. The van der Waals surface area contributed by atoms with Gasteiger partial charge in [-0.25, -0.2) is 4.79 Å². The van der Waals surface area contributed by atoms with E-state index in [1.54, 1.807) is 24.3 Å². The van der Waals surface area contributed by atoms with Gasteiger partial charge in [0.05, 0.1) is 17.0 Å². The number of esters is 1. The summed E-state index contributed by atoms with van der Waals surface area (Å²) in [5.74, 6) is -0.789. The van der Waals surface area contributed by atoms with E-state index in [9.17, 15) is 4.79 Å². The second kappa shape index (κ2) is 3.92. The van der Waals surface area contributed by atoms with Crippen molar-refractivity contribution in [3.63, 3.8) is 0 Å². The predicted molar refractivity (Wildman–Crippen MR) is 54.4 cm³/mol. The molecule has 1 saturated carbocycles. The lowest BCUT2D eigenvalue weighted by Gasteiger charge is -2.01. The molecule has 4 heteroatoms. The molecule has 0 N–H and O–H groups in total. The van der Waals surface area contributed by atoms with Crippen LogP contribution in [0.25, 0.3) is 0 Å². The van der Waals surface area contributed by atoms with E-state index in [4.69, 9.17) is 21.6 Å². The Labute approximate surface area is 92.2 Å². The second-order valence-corrected chi connectivity index (χ2v) is 3.84. The number of carbonyl (C=O) groups is 1. The van der Waals surface area contributed by atoms with Gasteiger partial charge in [-0.15, -0.1) is 11.6 Å². The van der Waals surface area contributed by atoms with Crippen molar-refractivity contribution in [3.05, 3.63) is 35.9 Å². The summed E-state index contributed by atoms with van der Waals surface area (Å²) in [7, 11) is 0. The Bertz CT molecular complexity index is 412. The molecule has 1 aromatic carbocycles. The van der Waals surface area contributed by atoms with E-state index in [1.165, 1.54) is 0 Å². The maximum Gasteiger partial charge on any atom is 0.338 e. The molecule has 0 saturated heterocycles. The molecule has 0 bridgehead atoms. The summed E-state index contributed by atoms with van der Waals surface area (Å²) >= 11 is 5.75. The van der Waals surface area contributed by atoms with Crippen LogP contribution >= 0.6 is 11.6 Å². The van der Waals surface area contributed by atoms with Crippen molar-refractivity contribution in [2.24, 2.45) is 5.92 Å². The third kappa shape index (κ3) is 1.95. The molecule has 1 aromatic rings. The van der Waals surface area contributed by atoms with Crippen LogP contribution in [0.1, 0.15) is 10.4 Å². The quantitative estimate of drug-likeness (QED) is 0.567. The van der Waals surface area contributed by atoms with E-state index in [0.717, 1.165) is 0 Å². The summed E-state index contributed by atoms with van der Waals surface area (Å²) in [6.45, 7) is 0. The fraction of sp³-hybridized carbons (Fsp3) is 0.273. The van der Waals surface area contributed by atoms with E-state index in [-0.39, 0.29) is 11.3 Å². The molecule has 3 nitrogen and oxygen atoms in total. The molecule has 0 spiro atoms. The Morgan fingerprint density at radius 2 is 2.07 bits per heavy atom. The Balaban J connectivity index is 1.98. The molecule has 15 heavy (non-hydrogen) atoms. The van der Waals surface area contributed by atoms with Crippen LogP contribution in [0, 0.1) is 17.2 Å². The van der Waals surface area contributed by atoms with Crippen molar-refractivity contribution < 1.29 is 9.53 Å². The van der Waals surface area contributed by atoms with Crippen molar-refractivity contribution in [1.29, 1.82) is 5.26 Å². The highest BCUT2D eigenvalue weighted by Crippen LogP contribution is 2.39. The Morgan fingerprint density at radius 3 is 2.60 bits per heavy atom. The Hall–Kier alpha value is -1.53. The number of ether oxygens (including phenoxy) is 1. The highest BCUT2D eigenvalue weighted by molar-refractivity contribution is 6.23. The maximum absolute atomic E-state index is 11.5. The molecule has 0 amide bonds. The minimum absolute atomic E-state index is 0.359. The number of carbonyl (C=O) groups excluding carboxylic acids is 1. The molecule has 76 valence electrons. The number of halogens is 1. The van der Waals surface area contributed by atoms with Gasteiger partial charge in [0.15, 0.2) is 0 Å². The molecular formula is C11H8ClNO2. The third-order valence-electron chi connectivity index (χ3n) is 2.27. The second-order valence-electron chi connectivity index (χ2n) is 3.34. The number of nitrogens with zero attached hydrogens (tertiary/aromatic N) is 1. The van der Waals surface area contributed by atoms with Crippen molar-refractivity contribution >= 4 is 17.6 Å². The standard InChI is InChI=1S/C11H8ClNO2/c12-9-8(6-13)10(9)15-11(14)7-4-2-1-3-5-7/h1-5,8-10H. The van der Waals surface area contributed by atoms with Gasteiger partial charge in [-0.2, -0.15) is 5.26 Å². The van der Waals surface area contributed by atoms with Gasteiger partial charge >= 0.3 is 5.97 Å². The zero-order valence-electron chi connectivity index (χ0n) is 7.76. The lowest BCUT2D eigenvalue weighted by atomic mass is 10.2. The molecule has 1 aliphatic carbocycles. The molecule has 0 heterocycles. The normalized spacial score (nSPS) is 27.9. The topological polar surface area (TPSA) is 50.1 Å². The van der Waals surface area contributed by atoms with Crippen LogP contribution in [0.2, 0.25) is 0 Å². The van der Waals surface area contributed by atoms with Crippen molar-refractivity contribution in [3.8, 4) is 6.07 Å². The summed E-state index contributed by atoms with van der Waals surface area (Å²) in [4.78, 5) is 11.5. The van der Waals surface area contributed by atoms with Crippen molar-refractivity contribution in [2.75, 3.05) is 0 Å². The SMILES string of the molecule is N#CC1C(Cl)C1OC(=O)c1ccccc1. The predicted octanol–water partition coefficient (Wildman–Crippen LogP) is 1.97. The summed E-state index contributed by atoms with van der Waals surface area (Å²) in [5, 5.41) is 8.25. The van der Waals surface area contributed by atoms with Crippen LogP contribution in [0.15, 0.2) is 30.3 Å². The smallest absolute Gasteiger partial charge is 0.338 e. The zero-order chi connectivity index (χ0) is 10.8. The van der Waals surface area contributed by atoms with Gasteiger partial charge in [0.1, 0.15) is 12.0 Å². The van der Waals surface area contributed by atoms with Crippen LogP contribution < -0.4 is 0 Å². The largest absolute Gasteiger partial charge is 0.456 e. The zero-order valence-corrected chi connectivity index (χ0v) is 8.52. The monoisotopic (exact) mass is 221 g/mol. The van der Waals surface area contributed by atoms with Crippen LogP contribution in [0.5, 0.6) is 0 Å². The van der Waals surface area contributed by atoms with E-state index >= 15 is 0 Å². The van der Waals surface area contributed by atoms with Gasteiger partial charge in [0.25, 0.3) is 0 Å². The van der Waals surface area contributed by atoms with Gasteiger partial charge in [-0.3, -0.25) is 0 Å². The number of hydrogen-bond donors (Lipinski definition) is 0. The Kier molecular flexibility index (Phi) is 2.61. The molecule has 1 fully saturated rings. The van der Waals surface area contributed by atoms with E-state index in [0.29, 0.717) is 5.56 Å². The highest BCUT2D eigenvalue weighted by atomic mass is 35.5. The maximum atomic E-state index is 11.5. The fourth-order valence-electron chi connectivity index (χ4n) is 1.30. The van der Waals surface area contributed by atoms with Crippen molar-refractivity contribution in [2.45, 2.75) is 11.5 Å². The van der Waals surface area contributed by atoms with Gasteiger partial charge in [-0.05, 0) is 12.1 Å². The first-order valence-corrected chi connectivity index (χ1v) is 4.97. The lowest BCUT2D eigenvalue weighted by molar-refractivity contribution is 0.0461. The molecular weight excluding hydrogens is 214 g/mol. The van der Waals surface area contributed by atoms with Gasteiger partial charge in [0, 0.05) is 0 Å². The lowest BCUT2D eigenvalue weighted by Crippen LogP contribution is -2.08. The molecule has 3 unspecified atom stereocenters. The number of hydrogen-bond acceptors (Lipinski definition) is 3. The van der Waals surface area contributed by atoms with Crippen LogP contribution in [-0.2, 0) is 4.74 Å². The van der Waals surface area contributed by atoms with Gasteiger partial charge < -0.3 is 4.74 Å². The first kappa shape index (κ1) is 10.0. The number of benzene rings is 1. The van der Waals surface area contributed by atoms with Crippen molar-refractivity contribution in [1.82, 2.24) is 0 Å². The number of alkyl halides is 1. The molecule has 0 aliphatic heterocycles. The molecule has 0 radical (unpaired) electrons. The first-order valence-electron chi connectivity index (χ1n) is 4.54. The molecule has 0 aromatic heterocycles.